The second-order valence-corrected chi connectivity index (χ2v) is 12.6. The summed E-state index contributed by atoms with van der Waals surface area (Å²) in [6, 6.07) is 23.7. The van der Waals surface area contributed by atoms with Gasteiger partial charge in [-0.15, -0.1) is 0 Å². The van der Waals surface area contributed by atoms with Crippen LogP contribution in [0, 0.1) is 0 Å². The standard InChI is InChI=1S/C39H39N3O7/c1-24-34(47-36(43)17-14-25-21-40-31-11-5-2-8-28(25)31)20-35(48-37(44)18-15-26-22-41-32-12-6-3-9-29(26)32)39(46-24)49-38(45)19-16-27-23-42-33-13-7-4-10-30(27)33/h2-13,21-24,34-35,39-42H,14-20H2,1H3/t24-,34+,35+,39?/m0/s1. The monoisotopic (exact) mass is 661 g/mol. The number of carbonyl (C=O) groups is 3. The zero-order valence-corrected chi connectivity index (χ0v) is 27.3. The van der Waals surface area contributed by atoms with Crippen LogP contribution in [0.5, 0.6) is 0 Å². The Morgan fingerprint density at radius 3 is 1.43 bits per heavy atom. The van der Waals surface area contributed by atoms with E-state index in [-0.39, 0.29) is 31.7 Å². The SMILES string of the molecule is C[C@@H]1OC(OC(=O)CCc2c[nH]c3ccccc23)[C@H](OC(=O)CCc2c[nH]c3ccccc23)C[C@H]1OC(=O)CCc1c[nH]c2ccccc12. The Hall–Kier alpha value is -5.35. The van der Waals surface area contributed by atoms with Crippen LogP contribution in [0.3, 0.4) is 0 Å². The number of para-hydroxylation sites is 3. The molecule has 4 heterocycles. The van der Waals surface area contributed by atoms with Crippen molar-refractivity contribution in [3.63, 3.8) is 0 Å². The number of aromatic amines is 3. The van der Waals surface area contributed by atoms with Gasteiger partial charge in [0.15, 0.2) is 6.10 Å². The summed E-state index contributed by atoms with van der Waals surface area (Å²) in [5.41, 5.74) is 6.04. The van der Waals surface area contributed by atoms with Gasteiger partial charge in [0, 0.05) is 77.0 Å². The van der Waals surface area contributed by atoms with E-state index in [2.05, 4.69) is 15.0 Å². The molecule has 7 rings (SSSR count). The largest absolute Gasteiger partial charge is 0.459 e. The highest BCUT2D eigenvalue weighted by atomic mass is 16.7. The van der Waals surface area contributed by atoms with E-state index < -0.39 is 36.5 Å². The number of hydrogen-bond donors (Lipinski definition) is 3. The van der Waals surface area contributed by atoms with Crippen molar-refractivity contribution in [3.8, 4) is 0 Å². The maximum Gasteiger partial charge on any atom is 0.308 e. The number of fused-ring (bicyclic) bond motifs is 3. The first-order valence-corrected chi connectivity index (χ1v) is 16.8. The Kier molecular flexibility index (Phi) is 9.47. The van der Waals surface area contributed by atoms with E-state index in [4.69, 9.17) is 18.9 Å². The molecule has 0 spiro atoms. The van der Waals surface area contributed by atoms with Crippen LogP contribution in [0.15, 0.2) is 91.4 Å². The van der Waals surface area contributed by atoms with Gasteiger partial charge in [0.05, 0.1) is 6.10 Å². The first kappa shape index (κ1) is 32.2. The van der Waals surface area contributed by atoms with Crippen LogP contribution in [0.4, 0.5) is 0 Å². The quantitative estimate of drug-likeness (QED) is 0.0967. The van der Waals surface area contributed by atoms with Crippen LogP contribution in [0.2, 0.25) is 0 Å². The van der Waals surface area contributed by atoms with Gasteiger partial charge in [-0.1, -0.05) is 54.6 Å². The van der Waals surface area contributed by atoms with Crippen molar-refractivity contribution < 1.29 is 33.3 Å². The second kappa shape index (κ2) is 14.4. The predicted molar refractivity (Wildman–Crippen MR) is 185 cm³/mol. The third kappa shape index (κ3) is 7.39. The first-order chi connectivity index (χ1) is 23.9. The lowest BCUT2D eigenvalue weighted by Crippen LogP contribution is -2.51. The zero-order chi connectivity index (χ0) is 33.7. The Balaban J connectivity index is 0.991. The molecular formula is C39H39N3O7. The van der Waals surface area contributed by atoms with Crippen LogP contribution in [0.1, 0.15) is 49.3 Å². The number of hydrogen-bond acceptors (Lipinski definition) is 7. The van der Waals surface area contributed by atoms with Gasteiger partial charge in [-0.05, 0) is 61.1 Å². The molecule has 1 fully saturated rings. The molecular weight excluding hydrogens is 622 g/mol. The average molecular weight is 662 g/mol. The molecule has 3 N–H and O–H groups in total. The summed E-state index contributed by atoms with van der Waals surface area (Å²) in [7, 11) is 0. The van der Waals surface area contributed by atoms with Gasteiger partial charge in [-0.2, -0.15) is 0 Å². The van der Waals surface area contributed by atoms with Gasteiger partial charge >= 0.3 is 17.9 Å². The third-order valence-corrected chi connectivity index (χ3v) is 9.27. The third-order valence-electron chi connectivity index (χ3n) is 9.27. The lowest BCUT2D eigenvalue weighted by molar-refractivity contribution is -0.263. The van der Waals surface area contributed by atoms with Crippen molar-refractivity contribution in [1.29, 1.82) is 0 Å². The van der Waals surface area contributed by atoms with Crippen molar-refractivity contribution in [3.05, 3.63) is 108 Å². The molecule has 3 aromatic carbocycles. The minimum atomic E-state index is -1.14. The Bertz CT molecular complexity index is 2090. The highest BCUT2D eigenvalue weighted by molar-refractivity contribution is 5.85. The van der Waals surface area contributed by atoms with Crippen LogP contribution in [-0.2, 0) is 52.6 Å². The molecule has 1 aliphatic rings. The Morgan fingerprint density at radius 1 is 0.592 bits per heavy atom. The summed E-state index contributed by atoms with van der Waals surface area (Å²) in [6.07, 6.45) is 4.32. The molecule has 0 saturated carbocycles. The fourth-order valence-electron chi connectivity index (χ4n) is 6.64. The van der Waals surface area contributed by atoms with E-state index in [1.807, 2.05) is 91.4 Å². The summed E-state index contributed by atoms with van der Waals surface area (Å²) in [6.45, 7) is 1.76. The molecule has 0 radical (unpaired) electrons. The van der Waals surface area contributed by atoms with Gasteiger partial charge in [0.25, 0.3) is 0 Å². The Morgan fingerprint density at radius 2 is 0.980 bits per heavy atom. The van der Waals surface area contributed by atoms with Crippen LogP contribution in [0.25, 0.3) is 32.7 Å². The Labute approximate surface area is 283 Å². The molecule has 1 saturated heterocycles. The second-order valence-electron chi connectivity index (χ2n) is 12.6. The number of carbonyl (C=O) groups excluding carboxylic acids is 3. The topological polar surface area (TPSA) is 136 Å². The highest BCUT2D eigenvalue weighted by Gasteiger charge is 2.42. The lowest BCUT2D eigenvalue weighted by atomic mass is 10.0. The maximum atomic E-state index is 13.2. The van der Waals surface area contributed by atoms with E-state index in [1.54, 1.807) is 6.92 Å². The van der Waals surface area contributed by atoms with Crippen molar-refractivity contribution in [2.45, 2.75) is 76.5 Å². The molecule has 0 aliphatic carbocycles. The number of aryl methyl sites for hydroxylation is 3. The smallest absolute Gasteiger partial charge is 0.308 e. The number of benzene rings is 3. The molecule has 10 nitrogen and oxygen atoms in total. The van der Waals surface area contributed by atoms with E-state index in [1.165, 1.54) is 0 Å². The lowest BCUT2D eigenvalue weighted by Gasteiger charge is -2.38. The van der Waals surface area contributed by atoms with Crippen molar-refractivity contribution in [2.24, 2.45) is 0 Å². The minimum absolute atomic E-state index is 0.115. The van der Waals surface area contributed by atoms with Gasteiger partial charge in [0.2, 0.25) is 6.29 Å². The molecule has 10 heteroatoms. The summed E-state index contributed by atoms with van der Waals surface area (Å²) in [5, 5.41) is 3.17. The van der Waals surface area contributed by atoms with Crippen molar-refractivity contribution in [2.75, 3.05) is 0 Å². The van der Waals surface area contributed by atoms with Crippen LogP contribution >= 0.6 is 0 Å². The van der Waals surface area contributed by atoms with Crippen molar-refractivity contribution in [1.82, 2.24) is 15.0 Å². The van der Waals surface area contributed by atoms with Gasteiger partial charge in [0.1, 0.15) is 6.10 Å². The summed E-state index contributed by atoms with van der Waals surface area (Å²) >= 11 is 0. The van der Waals surface area contributed by atoms with Gasteiger partial charge < -0.3 is 33.9 Å². The van der Waals surface area contributed by atoms with E-state index in [0.29, 0.717) is 19.3 Å². The summed E-state index contributed by atoms with van der Waals surface area (Å²) in [4.78, 5) is 49.0. The number of H-pyrrole nitrogens is 3. The highest BCUT2D eigenvalue weighted by Crippen LogP contribution is 2.29. The van der Waals surface area contributed by atoms with E-state index in [9.17, 15) is 14.4 Å². The number of esters is 3. The van der Waals surface area contributed by atoms with Crippen molar-refractivity contribution >= 4 is 50.6 Å². The molecule has 1 aliphatic heterocycles. The number of ether oxygens (including phenoxy) is 4. The van der Waals surface area contributed by atoms with Gasteiger partial charge in [-0.3, -0.25) is 14.4 Å². The molecule has 3 aromatic heterocycles. The average Bonchev–Trinajstić information content (AvgIpc) is 3.84. The zero-order valence-electron chi connectivity index (χ0n) is 27.3. The number of rotatable bonds is 12. The first-order valence-electron chi connectivity index (χ1n) is 16.8. The molecule has 49 heavy (non-hydrogen) atoms. The fraction of sp³-hybridized carbons (Fsp3) is 0.308. The van der Waals surface area contributed by atoms with Crippen LogP contribution < -0.4 is 0 Å². The summed E-state index contributed by atoms with van der Waals surface area (Å²) < 4.78 is 23.6. The summed E-state index contributed by atoms with van der Waals surface area (Å²) in [5.74, 6) is -1.32. The minimum Gasteiger partial charge on any atom is -0.459 e. The van der Waals surface area contributed by atoms with E-state index >= 15 is 0 Å². The number of aromatic nitrogens is 3. The van der Waals surface area contributed by atoms with Crippen LogP contribution in [-0.4, -0.2) is 57.5 Å². The van der Waals surface area contributed by atoms with Gasteiger partial charge in [-0.25, -0.2) is 0 Å². The molecule has 1 unspecified atom stereocenters. The van der Waals surface area contributed by atoms with E-state index in [0.717, 1.165) is 49.4 Å². The number of nitrogens with one attached hydrogen (secondary N) is 3. The fourth-order valence-corrected chi connectivity index (χ4v) is 6.64. The molecule has 6 aromatic rings. The molecule has 4 atom stereocenters. The normalized spacial score (nSPS) is 19.3. The maximum absolute atomic E-state index is 13.2. The molecule has 0 amide bonds. The molecule has 0 bridgehead atoms. The predicted octanol–water partition coefficient (Wildman–Crippen LogP) is 6.83. The molecule has 252 valence electrons.